The fraction of sp³-hybridized carbons (Fsp3) is 0.375. The first-order valence-corrected chi connectivity index (χ1v) is 9.01. The van der Waals surface area contributed by atoms with E-state index in [0.29, 0.717) is 11.4 Å². The Balaban J connectivity index is 1.65. The summed E-state index contributed by atoms with van der Waals surface area (Å²) >= 11 is 0. The van der Waals surface area contributed by atoms with Gasteiger partial charge in [-0.3, -0.25) is 4.90 Å². The molecule has 0 saturated heterocycles. The van der Waals surface area contributed by atoms with Crippen LogP contribution in [0.15, 0.2) is 41.4 Å². The van der Waals surface area contributed by atoms with Crippen LogP contribution in [0.5, 0.6) is 0 Å². The van der Waals surface area contributed by atoms with Gasteiger partial charge >= 0.3 is 0 Å². The number of hydrogen-bond acceptors (Lipinski definition) is 5. The van der Waals surface area contributed by atoms with E-state index in [9.17, 15) is 8.42 Å². The minimum Gasteiger partial charge on any atom is -0.298 e. The number of rotatable bonds is 4. The minimum atomic E-state index is -3.22. The summed E-state index contributed by atoms with van der Waals surface area (Å²) < 4.78 is 24.6. The fourth-order valence-corrected chi connectivity index (χ4v) is 3.97. The monoisotopic (exact) mass is 317 g/mol. The standard InChI is InChI=1S/C16H19N3O2S/c1-13-17-11-14-12-19(8-7-16(14)18-13)9-10-22(20,21)15-5-3-2-4-6-15/h2-6,11H,7-10,12H2,1H3. The van der Waals surface area contributed by atoms with Crippen LogP contribution in [0.3, 0.4) is 0 Å². The molecule has 116 valence electrons. The summed E-state index contributed by atoms with van der Waals surface area (Å²) in [5.74, 6) is 0.929. The third-order valence-corrected chi connectivity index (χ3v) is 5.62. The second-order valence-electron chi connectivity index (χ2n) is 5.55. The predicted octanol–water partition coefficient (Wildman–Crippen LogP) is 1.62. The first-order chi connectivity index (χ1) is 10.5. The molecule has 1 aromatic heterocycles. The first-order valence-electron chi connectivity index (χ1n) is 7.36. The molecule has 5 nitrogen and oxygen atoms in total. The second kappa shape index (κ2) is 6.14. The molecule has 0 amide bonds. The van der Waals surface area contributed by atoms with E-state index in [-0.39, 0.29) is 5.75 Å². The van der Waals surface area contributed by atoms with Crippen molar-refractivity contribution < 1.29 is 8.42 Å². The van der Waals surface area contributed by atoms with E-state index in [4.69, 9.17) is 0 Å². The van der Waals surface area contributed by atoms with Crippen LogP contribution in [0.25, 0.3) is 0 Å². The van der Waals surface area contributed by atoms with Crippen LogP contribution >= 0.6 is 0 Å². The number of benzene rings is 1. The van der Waals surface area contributed by atoms with Crippen LogP contribution in [0.1, 0.15) is 17.1 Å². The number of aryl methyl sites for hydroxylation is 1. The van der Waals surface area contributed by atoms with Gasteiger partial charge in [0.2, 0.25) is 0 Å². The summed E-state index contributed by atoms with van der Waals surface area (Å²) in [6, 6.07) is 8.63. The third-order valence-electron chi connectivity index (χ3n) is 3.91. The van der Waals surface area contributed by atoms with E-state index in [1.165, 1.54) is 0 Å². The second-order valence-corrected chi connectivity index (χ2v) is 7.66. The summed E-state index contributed by atoms with van der Waals surface area (Å²) in [5.41, 5.74) is 2.20. The van der Waals surface area contributed by atoms with Gasteiger partial charge in [0.25, 0.3) is 0 Å². The maximum Gasteiger partial charge on any atom is 0.179 e. The molecule has 1 aliphatic heterocycles. The average molecular weight is 317 g/mol. The van der Waals surface area contributed by atoms with Crippen LogP contribution in [0.4, 0.5) is 0 Å². The maximum absolute atomic E-state index is 12.3. The van der Waals surface area contributed by atoms with E-state index >= 15 is 0 Å². The Morgan fingerprint density at radius 1 is 1.23 bits per heavy atom. The largest absolute Gasteiger partial charge is 0.298 e. The van der Waals surface area contributed by atoms with Gasteiger partial charge in [0.1, 0.15) is 5.82 Å². The molecule has 0 N–H and O–H groups in total. The van der Waals surface area contributed by atoms with Crippen molar-refractivity contribution in [2.45, 2.75) is 24.8 Å². The van der Waals surface area contributed by atoms with Crippen LogP contribution in [0, 0.1) is 6.92 Å². The lowest BCUT2D eigenvalue weighted by atomic mass is 10.1. The van der Waals surface area contributed by atoms with Crippen molar-refractivity contribution in [2.24, 2.45) is 0 Å². The summed E-state index contributed by atoms with van der Waals surface area (Å²) in [7, 11) is -3.22. The van der Waals surface area contributed by atoms with Crippen molar-refractivity contribution in [3.63, 3.8) is 0 Å². The Kier molecular flexibility index (Phi) is 4.22. The molecule has 1 aliphatic rings. The molecule has 0 aliphatic carbocycles. The van der Waals surface area contributed by atoms with Gasteiger partial charge in [-0.05, 0) is 19.1 Å². The van der Waals surface area contributed by atoms with Crippen molar-refractivity contribution in [3.8, 4) is 0 Å². The molecule has 0 bridgehead atoms. The average Bonchev–Trinajstić information content (AvgIpc) is 2.54. The van der Waals surface area contributed by atoms with Crippen molar-refractivity contribution in [1.82, 2.24) is 14.9 Å². The molecule has 3 rings (SSSR count). The number of sulfone groups is 1. The number of hydrogen-bond donors (Lipinski definition) is 0. The van der Waals surface area contributed by atoms with Crippen LogP contribution in [0.2, 0.25) is 0 Å². The summed E-state index contributed by atoms with van der Waals surface area (Å²) in [4.78, 5) is 11.2. The van der Waals surface area contributed by atoms with Gasteiger partial charge in [0.05, 0.1) is 10.6 Å². The van der Waals surface area contributed by atoms with Gasteiger partial charge in [-0.2, -0.15) is 0 Å². The zero-order valence-electron chi connectivity index (χ0n) is 12.6. The lowest BCUT2D eigenvalue weighted by molar-refractivity contribution is 0.265. The highest BCUT2D eigenvalue weighted by molar-refractivity contribution is 7.91. The first kappa shape index (κ1) is 15.1. The zero-order chi connectivity index (χ0) is 15.6. The summed E-state index contributed by atoms with van der Waals surface area (Å²) in [6.07, 6.45) is 2.71. The SMILES string of the molecule is Cc1ncc2c(n1)CCN(CCS(=O)(=O)c1ccccc1)C2. The van der Waals surface area contributed by atoms with Gasteiger partial charge in [0.15, 0.2) is 9.84 Å². The molecular formula is C16H19N3O2S. The highest BCUT2D eigenvalue weighted by atomic mass is 32.2. The highest BCUT2D eigenvalue weighted by Gasteiger charge is 2.21. The van der Waals surface area contributed by atoms with Crippen molar-refractivity contribution in [2.75, 3.05) is 18.8 Å². The molecule has 6 heteroatoms. The Morgan fingerprint density at radius 3 is 2.77 bits per heavy atom. The van der Waals surface area contributed by atoms with Crippen LogP contribution in [-0.4, -0.2) is 42.1 Å². The normalized spacial score (nSPS) is 15.5. The number of aromatic nitrogens is 2. The van der Waals surface area contributed by atoms with Gasteiger partial charge in [-0.15, -0.1) is 0 Å². The third kappa shape index (κ3) is 3.34. The zero-order valence-corrected chi connectivity index (χ0v) is 13.4. The Hall–Kier alpha value is -1.79. The van der Waals surface area contributed by atoms with E-state index in [0.717, 1.165) is 36.6 Å². The molecule has 0 saturated carbocycles. The van der Waals surface area contributed by atoms with E-state index in [2.05, 4.69) is 14.9 Å². The molecule has 22 heavy (non-hydrogen) atoms. The number of fused-ring (bicyclic) bond motifs is 1. The van der Waals surface area contributed by atoms with Crippen molar-refractivity contribution in [1.29, 1.82) is 0 Å². The van der Waals surface area contributed by atoms with Crippen molar-refractivity contribution >= 4 is 9.84 Å². The fourth-order valence-electron chi connectivity index (χ4n) is 2.66. The lowest BCUT2D eigenvalue weighted by Gasteiger charge is -2.27. The van der Waals surface area contributed by atoms with Crippen molar-refractivity contribution in [3.05, 3.63) is 53.6 Å². The Labute approximate surface area is 130 Å². The Morgan fingerprint density at radius 2 is 2.00 bits per heavy atom. The van der Waals surface area contributed by atoms with Crippen LogP contribution in [-0.2, 0) is 22.8 Å². The van der Waals surface area contributed by atoms with Gasteiger partial charge in [-0.25, -0.2) is 18.4 Å². The Bertz CT molecular complexity index is 760. The number of nitrogens with zero attached hydrogens (tertiary/aromatic N) is 3. The lowest BCUT2D eigenvalue weighted by Crippen LogP contribution is -2.35. The summed E-state index contributed by atoms with van der Waals surface area (Å²) in [6.45, 7) is 3.98. The molecule has 2 heterocycles. The maximum atomic E-state index is 12.3. The molecule has 0 atom stereocenters. The molecular weight excluding hydrogens is 298 g/mol. The minimum absolute atomic E-state index is 0.138. The molecule has 1 aromatic carbocycles. The van der Waals surface area contributed by atoms with E-state index < -0.39 is 9.84 Å². The van der Waals surface area contributed by atoms with E-state index in [1.54, 1.807) is 24.3 Å². The van der Waals surface area contributed by atoms with Gasteiger partial charge in [0, 0.05) is 43.5 Å². The summed E-state index contributed by atoms with van der Waals surface area (Å²) in [5, 5.41) is 0. The van der Waals surface area contributed by atoms with Gasteiger partial charge in [-0.1, -0.05) is 18.2 Å². The van der Waals surface area contributed by atoms with E-state index in [1.807, 2.05) is 19.2 Å². The quantitative estimate of drug-likeness (QED) is 0.857. The smallest absolute Gasteiger partial charge is 0.179 e. The molecule has 0 unspecified atom stereocenters. The topological polar surface area (TPSA) is 63.2 Å². The molecule has 2 aromatic rings. The molecule has 0 fully saturated rings. The van der Waals surface area contributed by atoms with Crippen LogP contribution < -0.4 is 0 Å². The van der Waals surface area contributed by atoms with Gasteiger partial charge < -0.3 is 0 Å². The highest BCUT2D eigenvalue weighted by Crippen LogP contribution is 2.17. The molecule has 0 radical (unpaired) electrons. The molecule has 0 spiro atoms. The predicted molar refractivity (Wildman–Crippen MR) is 84.2 cm³/mol.